The minimum Gasteiger partial charge on any atom is -0.483 e. The molecule has 0 bridgehead atoms. The Bertz CT molecular complexity index is 782. The number of piperazine rings is 1. The molecule has 0 unspecified atom stereocenters. The van der Waals surface area contributed by atoms with Crippen molar-refractivity contribution < 1.29 is 9.53 Å². The first kappa shape index (κ1) is 19.7. The summed E-state index contributed by atoms with van der Waals surface area (Å²) in [7, 11) is 0. The maximum Gasteiger partial charge on any atom is 0.260 e. The smallest absolute Gasteiger partial charge is 0.260 e. The van der Waals surface area contributed by atoms with Crippen molar-refractivity contribution in [3.63, 3.8) is 0 Å². The number of rotatable bonds is 4. The van der Waals surface area contributed by atoms with Crippen LogP contribution in [0.4, 0.5) is 5.82 Å². The summed E-state index contributed by atoms with van der Waals surface area (Å²) in [6.45, 7) is 9.50. The highest BCUT2D eigenvalue weighted by molar-refractivity contribution is 9.10. The van der Waals surface area contributed by atoms with Gasteiger partial charge in [-0.3, -0.25) is 4.79 Å². The highest BCUT2D eigenvalue weighted by Crippen LogP contribution is 2.31. The molecular weight excluding hydrogens is 406 g/mol. The number of hydrogen-bond acceptors (Lipinski definition) is 4. The van der Waals surface area contributed by atoms with Gasteiger partial charge in [-0.15, -0.1) is 0 Å². The third kappa shape index (κ3) is 5.01. The quantitative estimate of drug-likeness (QED) is 0.736. The second-order valence-electron chi connectivity index (χ2n) is 7.74. The fourth-order valence-electron chi connectivity index (χ4n) is 3.04. The van der Waals surface area contributed by atoms with Crippen LogP contribution in [0, 0.1) is 0 Å². The van der Waals surface area contributed by atoms with Gasteiger partial charge < -0.3 is 14.5 Å². The van der Waals surface area contributed by atoms with Crippen LogP contribution in [0.5, 0.6) is 5.75 Å². The second kappa shape index (κ2) is 8.30. The van der Waals surface area contributed by atoms with Crippen LogP contribution in [0.2, 0.25) is 0 Å². The predicted octanol–water partition coefficient (Wildman–Crippen LogP) is 3.87. The lowest BCUT2D eigenvalue weighted by molar-refractivity contribution is -0.133. The molecule has 0 N–H and O–H groups in total. The Morgan fingerprint density at radius 3 is 2.48 bits per heavy atom. The van der Waals surface area contributed by atoms with Crippen LogP contribution in [0.3, 0.4) is 0 Å². The SMILES string of the molecule is CC(C)(C)c1ccc(OCC(=O)N2CCN(c3ccccn3)CC2)c(Br)c1. The third-order valence-corrected chi connectivity index (χ3v) is 5.37. The minimum atomic E-state index is 0.0162. The number of ether oxygens (including phenoxy) is 1. The molecule has 1 fully saturated rings. The minimum absolute atomic E-state index is 0.0162. The van der Waals surface area contributed by atoms with Crippen molar-refractivity contribution in [2.45, 2.75) is 26.2 Å². The lowest BCUT2D eigenvalue weighted by Crippen LogP contribution is -2.50. The number of nitrogens with zero attached hydrogens (tertiary/aromatic N) is 3. The standard InChI is InChI=1S/C21H26BrN3O2/c1-21(2,3)16-7-8-18(17(22)14-16)27-15-20(26)25-12-10-24(11-13-25)19-6-4-5-9-23-19/h4-9,14H,10-13,15H2,1-3H3. The predicted molar refractivity (Wildman–Crippen MR) is 111 cm³/mol. The van der Waals surface area contributed by atoms with Gasteiger partial charge in [0.15, 0.2) is 6.61 Å². The molecule has 0 spiro atoms. The van der Waals surface area contributed by atoms with Gasteiger partial charge in [-0.05, 0) is 51.2 Å². The average molecular weight is 432 g/mol. The maximum atomic E-state index is 12.5. The molecule has 27 heavy (non-hydrogen) atoms. The number of carbonyl (C=O) groups excluding carboxylic acids is 1. The summed E-state index contributed by atoms with van der Waals surface area (Å²) < 4.78 is 6.64. The van der Waals surface area contributed by atoms with E-state index in [0.717, 1.165) is 23.4 Å². The van der Waals surface area contributed by atoms with Gasteiger partial charge in [0.1, 0.15) is 11.6 Å². The van der Waals surface area contributed by atoms with Gasteiger partial charge in [0.2, 0.25) is 0 Å². The number of amides is 1. The summed E-state index contributed by atoms with van der Waals surface area (Å²) in [4.78, 5) is 20.9. The number of carbonyl (C=O) groups is 1. The van der Waals surface area contributed by atoms with Gasteiger partial charge in [-0.2, -0.15) is 0 Å². The molecule has 1 amide bonds. The van der Waals surface area contributed by atoms with E-state index in [4.69, 9.17) is 4.74 Å². The van der Waals surface area contributed by atoms with Gasteiger partial charge in [0.25, 0.3) is 5.91 Å². The normalized spacial score (nSPS) is 15.0. The molecule has 0 saturated carbocycles. The summed E-state index contributed by atoms with van der Waals surface area (Å²) in [6.07, 6.45) is 1.80. The molecule has 1 aromatic carbocycles. The zero-order valence-electron chi connectivity index (χ0n) is 16.1. The van der Waals surface area contributed by atoms with Crippen LogP contribution in [0.1, 0.15) is 26.3 Å². The third-order valence-electron chi connectivity index (χ3n) is 4.75. The van der Waals surface area contributed by atoms with Crippen LogP contribution in [-0.2, 0) is 10.2 Å². The van der Waals surface area contributed by atoms with E-state index in [2.05, 4.69) is 58.7 Å². The summed E-state index contributed by atoms with van der Waals surface area (Å²) in [6, 6.07) is 11.9. The number of anilines is 1. The lowest BCUT2D eigenvalue weighted by atomic mass is 9.87. The molecule has 5 nitrogen and oxygen atoms in total. The van der Waals surface area contributed by atoms with E-state index in [1.807, 2.05) is 29.2 Å². The lowest BCUT2D eigenvalue weighted by Gasteiger charge is -2.35. The maximum absolute atomic E-state index is 12.5. The molecule has 1 aliphatic heterocycles. The molecule has 1 aliphatic rings. The van der Waals surface area contributed by atoms with Gasteiger partial charge in [0, 0.05) is 32.4 Å². The molecule has 2 heterocycles. The first-order valence-corrected chi connectivity index (χ1v) is 10.0. The van der Waals surface area contributed by atoms with Crippen LogP contribution in [0.15, 0.2) is 47.1 Å². The first-order chi connectivity index (χ1) is 12.8. The first-order valence-electron chi connectivity index (χ1n) is 9.21. The summed E-state index contributed by atoms with van der Waals surface area (Å²) in [5, 5.41) is 0. The second-order valence-corrected chi connectivity index (χ2v) is 8.59. The average Bonchev–Trinajstić information content (AvgIpc) is 2.67. The molecule has 2 aromatic rings. The Kier molecular flexibility index (Phi) is 6.05. The van der Waals surface area contributed by atoms with E-state index < -0.39 is 0 Å². The summed E-state index contributed by atoms with van der Waals surface area (Å²) in [5.74, 6) is 1.68. The van der Waals surface area contributed by atoms with Crippen LogP contribution in [-0.4, -0.2) is 48.6 Å². The Labute approximate surface area is 169 Å². The van der Waals surface area contributed by atoms with Gasteiger partial charge in [-0.1, -0.05) is 32.9 Å². The van der Waals surface area contributed by atoms with Gasteiger partial charge >= 0.3 is 0 Å². The molecule has 0 atom stereocenters. The topological polar surface area (TPSA) is 45.7 Å². The molecule has 144 valence electrons. The molecule has 1 saturated heterocycles. The van der Waals surface area contributed by atoms with E-state index in [9.17, 15) is 4.79 Å². The van der Waals surface area contributed by atoms with Crippen LogP contribution >= 0.6 is 15.9 Å². The Morgan fingerprint density at radius 1 is 1.15 bits per heavy atom. The van der Waals surface area contributed by atoms with E-state index >= 15 is 0 Å². The summed E-state index contributed by atoms with van der Waals surface area (Å²) >= 11 is 3.56. The van der Waals surface area contributed by atoms with E-state index in [0.29, 0.717) is 18.8 Å². The molecule has 3 rings (SSSR count). The highest BCUT2D eigenvalue weighted by Gasteiger charge is 2.22. The van der Waals surface area contributed by atoms with Crippen molar-refractivity contribution in [2.24, 2.45) is 0 Å². The van der Waals surface area contributed by atoms with Crippen molar-refractivity contribution in [3.05, 3.63) is 52.6 Å². The highest BCUT2D eigenvalue weighted by atomic mass is 79.9. The number of halogens is 1. The number of aromatic nitrogens is 1. The van der Waals surface area contributed by atoms with Crippen LogP contribution < -0.4 is 9.64 Å². The summed E-state index contributed by atoms with van der Waals surface area (Å²) in [5.41, 5.74) is 1.29. The van der Waals surface area contributed by atoms with Crippen molar-refractivity contribution in [1.82, 2.24) is 9.88 Å². The molecule has 0 aliphatic carbocycles. The zero-order valence-corrected chi connectivity index (χ0v) is 17.7. The largest absolute Gasteiger partial charge is 0.483 e. The zero-order chi connectivity index (χ0) is 19.4. The van der Waals surface area contributed by atoms with Gasteiger partial charge in [-0.25, -0.2) is 4.98 Å². The van der Waals surface area contributed by atoms with E-state index in [1.54, 1.807) is 6.20 Å². The van der Waals surface area contributed by atoms with Crippen molar-refractivity contribution in [2.75, 3.05) is 37.7 Å². The van der Waals surface area contributed by atoms with Crippen LogP contribution in [0.25, 0.3) is 0 Å². The van der Waals surface area contributed by atoms with E-state index in [1.165, 1.54) is 5.56 Å². The number of pyridine rings is 1. The fourth-order valence-corrected chi connectivity index (χ4v) is 3.53. The Hall–Kier alpha value is -2.08. The monoisotopic (exact) mass is 431 g/mol. The van der Waals surface area contributed by atoms with E-state index in [-0.39, 0.29) is 17.9 Å². The molecular formula is C21H26BrN3O2. The molecule has 6 heteroatoms. The molecule has 0 radical (unpaired) electrons. The van der Waals surface area contributed by atoms with Gasteiger partial charge in [0.05, 0.1) is 4.47 Å². The Balaban J connectivity index is 1.52. The molecule has 1 aromatic heterocycles. The van der Waals surface area contributed by atoms with Crippen molar-refractivity contribution in [3.8, 4) is 5.75 Å². The fraction of sp³-hybridized carbons (Fsp3) is 0.429. The Morgan fingerprint density at radius 2 is 1.89 bits per heavy atom. The van der Waals surface area contributed by atoms with Crippen molar-refractivity contribution >= 4 is 27.7 Å². The van der Waals surface area contributed by atoms with Crippen molar-refractivity contribution in [1.29, 1.82) is 0 Å². The number of benzene rings is 1. The number of hydrogen-bond donors (Lipinski definition) is 0.